The molecule has 0 aromatic heterocycles. The van der Waals surface area contributed by atoms with E-state index in [9.17, 15) is 8.42 Å². The molecule has 144 valence electrons. The van der Waals surface area contributed by atoms with Gasteiger partial charge in [-0.2, -0.15) is 8.42 Å². The van der Waals surface area contributed by atoms with Gasteiger partial charge in [-0.15, -0.1) is 0 Å². The Morgan fingerprint density at radius 3 is 2.25 bits per heavy atom. The molecule has 3 aromatic carbocycles. The van der Waals surface area contributed by atoms with Crippen molar-refractivity contribution in [3.63, 3.8) is 0 Å². The number of rotatable bonds is 5. The zero-order chi connectivity index (χ0) is 20.3. The van der Waals surface area contributed by atoms with Crippen molar-refractivity contribution in [1.82, 2.24) is 0 Å². The van der Waals surface area contributed by atoms with Gasteiger partial charge in [-0.25, -0.2) is 0 Å². The fraction of sp³-hybridized carbons (Fsp3) is 0.136. The molecule has 0 radical (unpaired) electrons. The zero-order valence-electron chi connectivity index (χ0n) is 15.8. The summed E-state index contributed by atoms with van der Waals surface area (Å²) >= 11 is 6.22. The maximum Gasteiger partial charge on any atom is 0.339 e. The smallest absolute Gasteiger partial charge is 0.339 e. The minimum absolute atomic E-state index is 0.0746. The summed E-state index contributed by atoms with van der Waals surface area (Å²) in [4.78, 5) is 4.52. The molecule has 0 N–H and O–H groups in total. The standard InChI is InChI=1S/C22H20ClNO3S/c1-15-4-9-20(10-5-15)28(25,26)27-22-11-7-18(13-21(22)23)14-24-19-8-6-16(2)17(3)12-19/h4-14H,1-3H3. The molecule has 3 aromatic rings. The first-order valence-corrected chi connectivity index (χ1v) is 10.5. The van der Waals surface area contributed by atoms with E-state index in [-0.39, 0.29) is 15.7 Å². The number of hydrogen-bond acceptors (Lipinski definition) is 4. The van der Waals surface area contributed by atoms with Crippen LogP contribution in [0.3, 0.4) is 0 Å². The Morgan fingerprint density at radius 1 is 0.893 bits per heavy atom. The summed E-state index contributed by atoms with van der Waals surface area (Å²) in [6, 6.07) is 17.2. The molecule has 0 aliphatic carbocycles. The van der Waals surface area contributed by atoms with Crippen molar-refractivity contribution >= 4 is 33.6 Å². The Morgan fingerprint density at radius 2 is 1.61 bits per heavy atom. The molecule has 0 amide bonds. The molecule has 0 fully saturated rings. The SMILES string of the molecule is Cc1ccc(S(=O)(=O)Oc2ccc(C=Nc3ccc(C)c(C)c3)cc2Cl)cc1. The molecule has 0 aliphatic rings. The van der Waals surface area contributed by atoms with Crippen LogP contribution >= 0.6 is 11.6 Å². The van der Waals surface area contributed by atoms with Crippen molar-refractivity contribution in [2.24, 2.45) is 4.99 Å². The number of halogens is 1. The van der Waals surface area contributed by atoms with Crippen LogP contribution < -0.4 is 4.18 Å². The minimum atomic E-state index is -3.95. The zero-order valence-corrected chi connectivity index (χ0v) is 17.4. The highest BCUT2D eigenvalue weighted by molar-refractivity contribution is 7.87. The second-order valence-electron chi connectivity index (χ2n) is 6.57. The monoisotopic (exact) mass is 413 g/mol. The van der Waals surface area contributed by atoms with Crippen LogP contribution in [0.4, 0.5) is 5.69 Å². The Kier molecular flexibility index (Phi) is 5.87. The lowest BCUT2D eigenvalue weighted by Crippen LogP contribution is -2.10. The first-order chi connectivity index (χ1) is 13.2. The average Bonchev–Trinajstić information content (AvgIpc) is 2.65. The van der Waals surface area contributed by atoms with Crippen LogP contribution in [-0.2, 0) is 10.1 Å². The maximum atomic E-state index is 12.4. The summed E-state index contributed by atoms with van der Waals surface area (Å²) in [5, 5.41) is 0.194. The highest BCUT2D eigenvalue weighted by Crippen LogP contribution is 2.28. The van der Waals surface area contributed by atoms with Crippen molar-refractivity contribution in [3.05, 3.63) is 87.9 Å². The van der Waals surface area contributed by atoms with E-state index >= 15 is 0 Å². The van der Waals surface area contributed by atoms with E-state index in [4.69, 9.17) is 15.8 Å². The molecular weight excluding hydrogens is 394 g/mol. The molecule has 3 rings (SSSR count). The predicted octanol–water partition coefficient (Wildman–Crippen LogP) is 5.78. The van der Waals surface area contributed by atoms with Crippen LogP contribution in [-0.4, -0.2) is 14.6 Å². The molecule has 28 heavy (non-hydrogen) atoms. The minimum Gasteiger partial charge on any atom is -0.377 e. The summed E-state index contributed by atoms with van der Waals surface area (Å²) in [7, 11) is -3.95. The first kappa shape index (κ1) is 20.1. The molecular formula is C22H20ClNO3S. The number of aliphatic imine (C=N–C) groups is 1. The molecule has 0 heterocycles. The van der Waals surface area contributed by atoms with E-state index in [0.29, 0.717) is 0 Å². The van der Waals surface area contributed by atoms with Gasteiger partial charge in [0.1, 0.15) is 4.90 Å². The van der Waals surface area contributed by atoms with Crippen LogP contribution in [0.2, 0.25) is 5.02 Å². The van der Waals surface area contributed by atoms with Crippen molar-refractivity contribution in [2.75, 3.05) is 0 Å². The number of aryl methyl sites for hydroxylation is 3. The van der Waals surface area contributed by atoms with E-state index in [1.165, 1.54) is 23.8 Å². The number of benzene rings is 3. The molecule has 0 unspecified atom stereocenters. The first-order valence-electron chi connectivity index (χ1n) is 8.67. The fourth-order valence-electron chi connectivity index (χ4n) is 2.49. The van der Waals surface area contributed by atoms with Gasteiger partial charge in [-0.1, -0.05) is 35.4 Å². The molecule has 0 saturated heterocycles. The predicted molar refractivity (Wildman–Crippen MR) is 114 cm³/mol. The summed E-state index contributed by atoms with van der Waals surface area (Å²) in [5.74, 6) is 0.0746. The van der Waals surface area contributed by atoms with Gasteiger partial charge in [0.15, 0.2) is 5.75 Å². The molecule has 0 saturated carbocycles. The quantitative estimate of drug-likeness (QED) is 0.393. The van der Waals surface area contributed by atoms with Crippen LogP contribution in [0.1, 0.15) is 22.3 Å². The van der Waals surface area contributed by atoms with E-state index < -0.39 is 10.1 Å². The molecule has 0 spiro atoms. The van der Waals surface area contributed by atoms with E-state index in [2.05, 4.69) is 4.99 Å². The van der Waals surface area contributed by atoms with E-state index in [1.807, 2.05) is 39.0 Å². The lowest BCUT2D eigenvalue weighted by molar-refractivity contribution is 0.486. The van der Waals surface area contributed by atoms with Gasteiger partial charge in [-0.05, 0) is 79.9 Å². The van der Waals surface area contributed by atoms with Gasteiger partial charge in [0, 0.05) is 6.21 Å². The number of hydrogen-bond donors (Lipinski definition) is 0. The summed E-state index contributed by atoms with van der Waals surface area (Å²) in [6.45, 7) is 5.96. The third-order valence-corrected chi connectivity index (χ3v) is 5.86. The Hall–Kier alpha value is -2.63. The third kappa shape index (κ3) is 4.80. The second-order valence-corrected chi connectivity index (χ2v) is 8.52. The van der Waals surface area contributed by atoms with Crippen molar-refractivity contribution in [1.29, 1.82) is 0 Å². The van der Waals surface area contributed by atoms with Gasteiger partial charge in [-0.3, -0.25) is 4.99 Å². The maximum absolute atomic E-state index is 12.4. The topological polar surface area (TPSA) is 55.7 Å². The fourth-order valence-corrected chi connectivity index (χ4v) is 3.71. The lowest BCUT2D eigenvalue weighted by atomic mass is 10.1. The summed E-state index contributed by atoms with van der Waals surface area (Å²) in [6.07, 6.45) is 1.67. The summed E-state index contributed by atoms with van der Waals surface area (Å²) in [5.41, 5.74) is 4.91. The van der Waals surface area contributed by atoms with Crippen molar-refractivity contribution < 1.29 is 12.6 Å². The van der Waals surface area contributed by atoms with E-state index in [1.54, 1.807) is 30.5 Å². The summed E-state index contributed by atoms with van der Waals surface area (Å²) < 4.78 is 30.0. The molecule has 6 heteroatoms. The van der Waals surface area contributed by atoms with Crippen LogP contribution in [0.15, 0.2) is 70.6 Å². The van der Waals surface area contributed by atoms with Gasteiger partial charge in [0.25, 0.3) is 0 Å². The van der Waals surface area contributed by atoms with Gasteiger partial charge in [0.2, 0.25) is 0 Å². The molecule has 0 bridgehead atoms. The lowest BCUT2D eigenvalue weighted by Gasteiger charge is -2.09. The van der Waals surface area contributed by atoms with Crippen LogP contribution in [0.25, 0.3) is 0 Å². The highest BCUT2D eigenvalue weighted by atomic mass is 35.5. The molecule has 4 nitrogen and oxygen atoms in total. The Labute approximate surface area is 170 Å². The van der Waals surface area contributed by atoms with Gasteiger partial charge in [0.05, 0.1) is 10.7 Å². The second kappa shape index (κ2) is 8.17. The van der Waals surface area contributed by atoms with Crippen LogP contribution in [0, 0.1) is 20.8 Å². The largest absolute Gasteiger partial charge is 0.377 e. The highest BCUT2D eigenvalue weighted by Gasteiger charge is 2.18. The van der Waals surface area contributed by atoms with Crippen molar-refractivity contribution in [3.8, 4) is 5.75 Å². The Bertz CT molecular complexity index is 1140. The van der Waals surface area contributed by atoms with Gasteiger partial charge >= 0.3 is 10.1 Å². The normalized spacial score (nSPS) is 11.7. The molecule has 0 atom stereocenters. The molecule has 0 aliphatic heterocycles. The van der Waals surface area contributed by atoms with Crippen LogP contribution in [0.5, 0.6) is 5.75 Å². The van der Waals surface area contributed by atoms with Gasteiger partial charge < -0.3 is 4.18 Å². The third-order valence-electron chi connectivity index (χ3n) is 4.32. The van der Waals surface area contributed by atoms with E-state index in [0.717, 1.165) is 22.4 Å². The number of nitrogens with zero attached hydrogens (tertiary/aromatic N) is 1. The average molecular weight is 414 g/mol. The van der Waals surface area contributed by atoms with Crippen molar-refractivity contribution in [2.45, 2.75) is 25.7 Å². The Balaban J connectivity index is 1.79.